The monoisotopic (exact) mass is 391 g/mol. The van der Waals surface area contributed by atoms with Crippen LogP contribution in [0, 0.1) is 0 Å². The maximum atomic E-state index is 11.4. The summed E-state index contributed by atoms with van der Waals surface area (Å²) in [6, 6.07) is 0. The summed E-state index contributed by atoms with van der Waals surface area (Å²) in [6.45, 7) is 3.28. The van der Waals surface area contributed by atoms with Gasteiger partial charge in [-0.1, -0.05) is 6.92 Å². The fraction of sp³-hybridized carbons (Fsp3) is 0.625. The molecule has 0 spiro atoms. The SMILES string of the molecule is CCC[n+]1cc[nH]c1.O=S(=O)([N-]S(=O)(=O)C(F)(F)F)C(F)(F)F. The second-order valence-electron chi connectivity index (χ2n) is 3.77. The van der Waals surface area contributed by atoms with Gasteiger partial charge in [0.15, 0.2) is 20.0 Å². The van der Waals surface area contributed by atoms with Gasteiger partial charge < -0.3 is 4.13 Å². The van der Waals surface area contributed by atoms with Crippen LogP contribution in [0.5, 0.6) is 0 Å². The number of nitrogens with zero attached hydrogens (tertiary/aromatic N) is 2. The Morgan fingerprint density at radius 3 is 1.70 bits per heavy atom. The lowest BCUT2D eigenvalue weighted by Gasteiger charge is -2.22. The highest BCUT2D eigenvalue weighted by Crippen LogP contribution is 2.36. The molecule has 0 aliphatic heterocycles. The maximum Gasteiger partial charge on any atom is 0.480 e. The van der Waals surface area contributed by atoms with E-state index in [4.69, 9.17) is 0 Å². The molecule has 0 saturated carbocycles. The summed E-state index contributed by atoms with van der Waals surface area (Å²) in [5.41, 5.74) is -12.4. The number of rotatable bonds is 4. The van der Waals surface area contributed by atoms with Crippen molar-refractivity contribution < 1.29 is 47.7 Å². The minimum absolute atomic E-state index is 0.778. The van der Waals surface area contributed by atoms with Crippen LogP contribution in [0.25, 0.3) is 4.13 Å². The van der Waals surface area contributed by atoms with Crippen LogP contribution in [-0.4, -0.2) is 32.8 Å². The van der Waals surface area contributed by atoms with E-state index >= 15 is 0 Å². The van der Waals surface area contributed by atoms with Crippen molar-refractivity contribution in [3.05, 3.63) is 22.8 Å². The van der Waals surface area contributed by atoms with E-state index in [0.717, 1.165) is 10.7 Å². The van der Waals surface area contributed by atoms with Crippen molar-refractivity contribution >= 4 is 20.0 Å². The first-order valence-electron chi connectivity index (χ1n) is 5.52. The molecule has 15 heteroatoms. The fourth-order valence-electron chi connectivity index (χ4n) is 0.932. The third-order valence-corrected chi connectivity index (χ3v) is 4.61. The Morgan fingerprint density at radius 2 is 1.43 bits per heavy atom. The summed E-state index contributed by atoms with van der Waals surface area (Å²) in [6.07, 6.45) is 7.12. The van der Waals surface area contributed by atoms with Gasteiger partial charge in [0.2, 0.25) is 6.33 Å². The van der Waals surface area contributed by atoms with Crippen molar-refractivity contribution in [1.82, 2.24) is 4.98 Å². The average molecular weight is 391 g/mol. The number of aromatic nitrogens is 2. The number of H-pyrrole nitrogens is 1. The quantitative estimate of drug-likeness (QED) is 0.624. The zero-order valence-corrected chi connectivity index (χ0v) is 12.9. The van der Waals surface area contributed by atoms with E-state index in [1.165, 1.54) is 6.42 Å². The van der Waals surface area contributed by atoms with Crippen LogP contribution in [0.1, 0.15) is 13.3 Å². The van der Waals surface area contributed by atoms with Gasteiger partial charge in [0, 0.05) is 0 Å². The van der Waals surface area contributed by atoms with E-state index in [1.54, 1.807) is 0 Å². The van der Waals surface area contributed by atoms with Crippen LogP contribution in [0.2, 0.25) is 0 Å². The summed E-state index contributed by atoms with van der Waals surface area (Å²) in [4.78, 5) is 2.98. The first kappa shape index (κ1) is 21.6. The highest BCUT2D eigenvalue weighted by Gasteiger charge is 2.46. The van der Waals surface area contributed by atoms with Gasteiger partial charge in [-0.05, 0) is 6.42 Å². The van der Waals surface area contributed by atoms with Gasteiger partial charge >= 0.3 is 11.0 Å². The van der Waals surface area contributed by atoms with Crippen molar-refractivity contribution in [3.63, 3.8) is 0 Å². The lowest BCUT2D eigenvalue weighted by atomic mass is 10.5. The number of hydrogen-bond acceptors (Lipinski definition) is 4. The molecule has 1 rings (SSSR count). The predicted octanol–water partition coefficient (Wildman–Crippen LogP) is 1.77. The molecule has 0 fully saturated rings. The van der Waals surface area contributed by atoms with Crippen molar-refractivity contribution in [2.45, 2.75) is 30.9 Å². The number of alkyl halides is 6. The maximum absolute atomic E-state index is 11.4. The van der Waals surface area contributed by atoms with E-state index in [2.05, 4.69) is 16.5 Å². The van der Waals surface area contributed by atoms with Crippen molar-refractivity contribution in [1.29, 1.82) is 0 Å². The van der Waals surface area contributed by atoms with Crippen molar-refractivity contribution in [2.75, 3.05) is 0 Å². The zero-order valence-electron chi connectivity index (χ0n) is 11.3. The van der Waals surface area contributed by atoms with Gasteiger partial charge in [0.25, 0.3) is 0 Å². The lowest BCUT2D eigenvalue weighted by molar-refractivity contribution is -0.695. The smallest absolute Gasteiger partial charge is 0.421 e. The number of sulfonamides is 2. The zero-order chi connectivity index (χ0) is 18.5. The minimum Gasteiger partial charge on any atom is -0.421 e. The molecule has 0 saturated heterocycles. The lowest BCUT2D eigenvalue weighted by Crippen LogP contribution is -2.30. The Morgan fingerprint density at radius 1 is 1.00 bits per heavy atom. The highest BCUT2D eigenvalue weighted by molar-refractivity contribution is 8.13. The van der Waals surface area contributed by atoms with Crippen molar-refractivity contribution in [3.8, 4) is 0 Å². The van der Waals surface area contributed by atoms with Crippen LogP contribution < -0.4 is 4.57 Å². The van der Waals surface area contributed by atoms with E-state index in [-0.39, 0.29) is 0 Å². The third-order valence-electron chi connectivity index (χ3n) is 1.87. The van der Waals surface area contributed by atoms with Crippen LogP contribution in [0.4, 0.5) is 26.3 Å². The fourth-order valence-corrected chi connectivity index (χ4v) is 2.64. The first-order valence-corrected chi connectivity index (χ1v) is 8.40. The number of imidazole rings is 1. The first-order chi connectivity index (χ1) is 10.1. The van der Waals surface area contributed by atoms with E-state index in [1.807, 2.05) is 18.7 Å². The topological polar surface area (TPSA) is 102 Å². The molecule has 136 valence electrons. The molecular weight excluding hydrogens is 380 g/mol. The molecule has 0 unspecified atom stereocenters. The second-order valence-corrected chi connectivity index (χ2v) is 7.19. The molecule has 0 atom stereocenters. The van der Waals surface area contributed by atoms with Crippen LogP contribution in [0.15, 0.2) is 18.7 Å². The van der Waals surface area contributed by atoms with Crippen LogP contribution >= 0.6 is 0 Å². The number of hydrogen-bond donors (Lipinski definition) is 1. The largest absolute Gasteiger partial charge is 0.480 e. The Labute approximate surface area is 127 Å². The van der Waals surface area contributed by atoms with Crippen LogP contribution in [-0.2, 0) is 26.6 Å². The number of nitrogens with one attached hydrogen (secondary N) is 1. The summed E-state index contributed by atoms with van der Waals surface area (Å²) >= 11 is 0. The van der Waals surface area contributed by atoms with E-state index in [9.17, 15) is 43.2 Å². The Bertz CT molecular complexity index is 636. The summed E-state index contributed by atoms with van der Waals surface area (Å²) in [7, 11) is -13.4. The van der Waals surface area contributed by atoms with Gasteiger partial charge in [-0.15, -0.1) is 0 Å². The summed E-state index contributed by atoms with van der Waals surface area (Å²) < 4.78 is 111. The summed E-state index contributed by atoms with van der Waals surface area (Å²) in [5.74, 6) is 0. The number of halogens is 6. The molecule has 0 bridgehead atoms. The van der Waals surface area contributed by atoms with E-state index in [0.29, 0.717) is 0 Å². The minimum atomic E-state index is -6.72. The molecule has 23 heavy (non-hydrogen) atoms. The third kappa shape index (κ3) is 6.74. The van der Waals surface area contributed by atoms with Crippen molar-refractivity contribution in [2.24, 2.45) is 0 Å². The van der Waals surface area contributed by atoms with E-state index < -0.39 is 31.1 Å². The molecule has 0 aliphatic rings. The molecule has 0 radical (unpaired) electrons. The van der Waals surface area contributed by atoms with Gasteiger partial charge in [-0.25, -0.2) is 21.4 Å². The highest BCUT2D eigenvalue weighted by atomic mass is 32.3. The number of aromatic amines is 1. The van der Waals surface area contributed by atoms with Gasteiger partial charge in [-0.3, -0.25) is 4.98 Å². The Kier molecular flexibility index (Phi) is 7.04. The predicted molar refractivity (Wildman–Crippen MR) is 64.6 cm³/mol. The number of aryl methyl sites for hydroxylation is 1. The molecule has 1 aromatic heterocycles. The Hall–Kier alpha value is -1.35. The second kappa shape index (κ2) is 7.48. The summed E-state index contributed by atoms with van der Waals surface area (Å²) in [5, 5.41) is 0. The molecule has 0 aromatic carbocycles. The van der Waals surface area contributed by atoms with Crippen LogP contribution in [0.3, 0.4) is 0 Å². The van der Waals surface area contributed by atoms with Gasteiger partial charge in [0.1, 0.15) is 12.4 Å². The molecular formula is C8H11F6N3O4S2. The molecule has 1 aromatic rings. The normalized spacial score (nSPS) is 13.3. The molecule has 1 heterocycles. The van der Waals surface area contributed by atoms with Gasteiger partial charge in [0.05, 0.1) is 6.54 Å². The average Bonchev–Trinajstić information content (AvgIpc) is 2.78. The standard InChI is InChI=1S/C6H10N2.C2F6NO4S2/c1-2-4-8-5-3-7-6-8;3-1(4,5)14(10,11)9-15(12,13)2(6,7)8/h3,5-6H,2,4H2,1H3;/q;-1/p+1. The molecule has 1 N–H and O–H groups in total. The Balaban J connectivity index is 0.000000502. The molecule has 0 aliphatic carbocycles. The molecule has 7 nitrogen and oxygen atoms in total. The molecule has 0 amide bonds. The van der Waals surface area contributed by atoms with Gasteiger partial charge in [-0.2, -0.15) is 26.3 Å².